The Morgan fingerprint density at radius 3 is 2.84 bits per heavy atom. The van der Waals surface area contributed by atoms with E-state index in [0.29, 0.717) is 5.75 Å². The third kappa shape index (κ3) is 2.53. The molecule has 0 saturated heterocycles. The summed E-state index contributed by atoms with van der Waals surface area (Å²) in [6.45, 7) is 1.98. The summed E-state index contributed by atoms with van der Waals surface area (Å²) in [6, 6.07) is 5.41. The second-order valence-corrected chi connectivity index (χ2v) is 5.13. The molecule has 1 heterocycles. The minimum Gasteiger partial charge on any atom is -0.497 e. The summed E-state index contributed by atoms with van der Waals surface area (Å²) in [5, 5.41) is -0.843. The third-order valence-electron chi connectivity index (χ3n) is 2.83. The molecule has 5 nitrogen and oxygen atoms in total. The van der Waals surface area contributed by atoms with Crippen LogP contribution in [0.4, 0.5) is 5.69 Å². The Kier molecular flexibility index (Phi) is 3.99. The van der Waals surface area contributed by atoms with E-state index >= 15 is 0 Å². The van der Waals surface area contributed by atoms with Gasteiger partial charge in [-0.15, -0.1) is 0 Å². The van der Waals surface area contributed by atoms with Crippen molar-refractivity contribution < 1.29 is 19.1 Å². The number of nitrogens with zero attached hydrogens (tertiary/aromatic N) is 1. The van der Waals surface area contributed by atoms with Crippen molar-refractivity contribution in [3.8, 4) is 5.75 Å². The van der Waals surface area contributed by atoms with Gasteiger partial charge in [0.15, 0.2) is 5.25 Å². The molecule has 1 unspecified atom stereocenters. The van der Waals surface area contributed by atoms with Crippen molar-refractivity contribution in [2.24, 2.45) is 0 Å². The molecule has 1 aromatic carbocycles. The Morgan fingerprint density at radius 1 is 1.47 bits per heavy atom. The molecule has 0 fully saturated rings. The number of amides is 1. The van der Waals surface area contributed by atoms with Gasteiger partial charge < -0.3 is 14.4 Å². The Morgan fingerprint density at radius 2 is 2.21 bits per heavy atom. The average molecular weight is 281 g/mol. The van der Waals surface area contributed by atoms with Crippen molar-refractivity contribution in [1.29, 1.82) is 0 Å². The molecule has 2 rings (SSSR count). The molecule has 1 aliphatic rings. The van der Waals surface area contributed by atoms with Crippen molar-refractivity contribution >= 4 is 29.3 Å². The smallest absolute Gasteiger partial charge is 0.329 e. The number of esters is 1. The van der Waals surface area contributed by atoms with Crippen LogP contribution in [0.2, 0.25) is 0 Å². The van der Waals surface area contributed by atoms with E-state index in [1.54, 1.807) is 33.2 Å². The van der Waals surface area contributed by atoms with E-state index in [9.17, 15) is 9.59 Å². The average Bonchev–Trinajstić information content (AvgIpc) is 2.42. The summed E-state index contributed by atoms with van der Waals surface area (Å²) >= 11 is 1.20. The zero-order valence-corrected chi connectivity index (χ0v) is 11.8. The lowest BCUT2D eigenvalue weighted by atomic mass is 10.2. The normalized spacial score (nSPS) is 17.9. The largest absolute Gasteiger partial charge is 0.497 e. The van der Waals surface area contributed by atoms with Gasteiger partial charge in [-0.05, 0) is 25.1 Å². The van der Waals surface area contributed by atoms with Crippen molar-refractivity contribution in [2.75, 3.05) is 25.7 Å². The first-order chi connectivity index (χ1) is 9.08. The Hall–Kier alpha value is -1.69. The molecular formula is C13H15NO4S. The highest BCUT2D eigenvalue weighted by Crippen LogP contribution is 2.40. The number of fused-ring (bicyclic) bond motifs is 1. The van der Waals surface area contributed by atoms with Crippen molar-refractivity contribution in [1.82, 2.24) is 0 Å². The Labute approximate surface area is 115 Å². The van der Waals surface area contributed by atoms with Crippen LogP contribution in [0.15, 0.2) is 23.1 Å². The van der Waals surface area contributed by atoms with Gasteiger partial charge in [0.2, 0.25) is 0 Å². The van der Waals surface area contributed by atoms with E-state index in [1.165, 1.54) is 16.7 Å². The van der Waals surface area contributed by atoms with Crippen LogP contribution in [-0.4, -0.2) is 37.9 Å². The van der Waals surface area contributed by atoms with Crippen molar-refractivity contribution in [3.05, 3.63) is 18.2 Å². The fourth-order valence-electron chi connectivity index (χ4n) is 1.83. The van der Waals surface area contributed by atoms with E-state index in [-0.39, 0.29) is 12.5 Å². The SMILES string of the molecule is CCOC(=O)C1Sc2cc(OC)ccc2N(C)C1=O. The summed E-state index contributed by atoms with van der Waals surface area (Å²) < 4.78 is 10.1. The maximum Gasteiger partial charge on any atom is 0.329 e. The first-order valence-electron chi connectivity index (χ1n) is 5.87. The number of ether oxygens (including phenoxy) is 2. The quantitative estimate of drug-likeness (QED) is 0.623. The monoisotopic (exact) mass is 281 g/mol. The summed E-state index contributed by atoms with van der Waals surface area (Å²) in [6.07, 6.45) is 0. The topological polar surface area (TPSA) is 55.8 Å². The molecule has 0 aromatic heterocycles. The number of thioether (sulfide) groups is 1. The molecule has 1 amide bonds. The number of hydrogen-bond donors (Lipinski definition) is 0. The first kappa shape index (κ1) is 13.7. The molecule has 0 N–H and O–H groups in total. The van der Waals surface area contributed by atoms with Gasteiger partial charge in [-0.2, -0.15) is 0 Å². The summed E-state index contributed by atoms with van der Waals surface area (Å²) in [7, 11) is 3.23. The summed E-state index contributed by atoms with van der Waals surface area (Å²) in [4.78, 5) is 26.2. The van der Waals surface area contributed by atoms with Gasteiger partial charge >= 0.3 is 5.97 Å². The second-order valence-electron chi connectivity index (χ2n) is 3.98. The van der Waals surface area contributed by atoms with Crippen LogP contribution in [0.25, 0.3) is 0 Å². The number of benzene rings is 1. The van der Waals surface area contributed by atoms with Gasteiger partial charge in [-0.25, -0.2) is 0 Å². The van der Waals surface area contributed by atoms with Crippen LogP contribution in [-0.2, 0) is 14.3 Å². The van der Waals surface area contributed by atoms with E-state index in [4.69, 9.17) is 9.47 Å². The van der Waals surface area contributed by atoms with Gasteiger partial charge in [-0.3, -0.25) is 9.59 Å². The lowest BCUT2D eigenvalue weighted by Crippen LogP contribution is -2.42. The summed E-state index contributed by atoms with van der Waals surface area (Å²) in [5.74, 6) is -0.0736. The molecule has 0 aliphatic carbocycles. The fraction of sp³-hybridized carbons (Fsp3) is 0.385. The highest BCUT2D eigenvalue weighted by atomic mass is 32.2. The molecule has 102 valence electrons. The third-order valence-corrected chi connectivity index (χ3v) is 4.04. The Balaban J connectivity index is 2.34. The zero-order valence-electron chi connectivity index (χ0n) is 11.0. The van der Waals surface area contributed by atoms with Gasteiger partial charge in [0, 0.05) is 11.9 Å². The second kappa shape index (κ2) is 5.52. The number of rotatable bonds is 3. The first-order valence-corrected chi connectivity index (χ1v) is 6.75. The minimum absolute atomic E-state index is 0.262. The Bertz CT molecular complexity index is 517. The highest BCUT2D eigenvalue weighted by Gasteiger charge is 2.37. The number of methoxy groups -OCH3 is 1. The van der Waals surface area contributed by atoms with Crippen molar-refractivity contribution in [3.63, 3.8) is 0 Å². The number of carbonyl (C=O) groups is 2. The molecule has 1 aliphatic heterocycles. The van der Waals surface area contributed by atoms with Crippen LogP contribution < -0.4 is 9.64 Å². The van der Waals surface area contributed by atoms with Gasteiger partial charge in [0.1, 0.15) is 5.75 Å². The van der Waals surface area contributed by atoms with E-state index < -0.39 is 11.2 Å². The maximum atomic E-state index is 12.1. The van der Waals surface area contributed by atoms with E-state index in [2.05, 4.69) is 0 Å². The zero-order chi connectivity index (χ0) is 14.0. The lowest BCUT2D eigenvalue weighted by molar-refractivity contribution is -0.144. The van der Waals surface area contributed by atoms with Crippen LogP contribution in [0.3, 0.4) is 0 Å². The predicted molar refractivity (Wildman–Crippen MR) is 72.7 cm³/mol. The highest BCUT2D eigenvalue weighted by molar-refractivity contribution is 8.01. The molecule has 1 aromatic rings. The molecular weight excluding hydrogens is 266 g/mol. The number of carbonyl (C=O) groups excluding carboxylic acids is 2. The molecule has 0 saturated carbocycles. The maximum absolute atomic E-state index is 12.1. The molecule has 19 heavy (non-hydrogen) atoms. The minimum atomic E-state index is -0.843. The van der Waals surface area contributed by atoms with Gasteiger partial charge in [0.05, 0.1) is 19.4 Å². The molecule has 1 atom stereocenters. The van der Waals surface area contributed by atoms with Gasteiger partial charge in [0.25, 0.3) is 5.91 Å². The lowest BCUT2D eigenvalue weighted by Gasteiger charge is -2.29. The number of hydrogen-bond acceptors (Lipinski definition) is 5. The van der Waals surface area contributed by atoms with Crippen LogP contribution in [0, 0.1) is 0 Å². The van der Waals surface area contributed by atoms with Crippen LogP contribution in [0.1, 0.15) is 6.92 Å². The van der Waals surface area contributed by atoms with Crippen LogP contribution >= 0.6 is 11.8 Å². The van der Waals surface area contributed by atoms with E-state index in [0.717, 1.165) is 10.6 Å². The molecule has 0 spiro atoms. The van der Waals surface area contributed by atoms with Gasteiger partial charge in [-0.1, -0.05) is 11.8 Å². The van der Waals surface area contributed by atoms with E-state index in [1.807, 2.05) is 6.07 Å². The fourth-order valence-corrected chi connectivity index (χ4v) is 3.02. The van der Waals surface area contributed by atoms with Crippen LogP contribution in [0.5, 0.6) is 5.75 Å². The molecule has 6 heteroatoms. The summed E-state index contributed by atoms with van der Waals surface area (Å²) in [5.41, 5.74) is 0.774. The predicted octanol–water partition coefficient (Wildman–Crippen LogP) is 1.70. The van der Waals surface area contributed by atoms with Crippen molar-refractivity contribution in [2.45, 2.75) is 17.1 Å². The molecule has 0 bridgehead atoms. The number of anilines is 1. The molecule has 0 radical (unpaired) electrons. The standard InChI is InChI=1S/C13H15NO4S/c1-4-18-13(16)11-12(15)14(2)9-6-5-8(17-3)7-10(9)19-11/h5-7,11H,4H2,1-3H3.